The van der Waals surface area contributed by atoms with Gasteiger partial charge >= 0.3 is 0 Å². The molecule has 0 saturated heterocycles. The molecule has 0 aliphatic heterocycles. The molecule has 1 N–H and O–H groups in total. The van der Waals surface area contributed by atoms with Crippen molar-refractivity contribution >= 4 is 17.5 Å². The van der Waals surface area contributed by atoms with Crippen LogP contribution in [0.4, 0.5) is 4.39 Å². The van der Waals surface area contributed by atoms with Crippen LogP contribution in [0.1, 0.15) is 15.9 Å². The molecule has 0 aromatic heterocycles. The summed E-state index contributed by atoms with van der Waals surface area (Å²) < 4.78 is 12.8. The van der Waals surface area contributed by atoms with Crippen molar-refractivity contribution in [1.82, 2.24) is 10.2 Å². The third kappa shape index (κ3) is 5.13. The average molecular weight is 321 g/mol. The fourth-order valence-electron chi connectivity index (χ4n) is 2.04. The zero-order valence-corrected chi connectivity index (χ0v) is 13.1. The van der Waals surface area contributed by atoms with Gasteiger partial charge in [-0.2, -0.15) is 0 Å². The number of hydrogen-bond donors (Lipinski definition) is 1. The molecule has 22 heavy (non-hydrogen) atoms. The monoisotopic (exact) mass is 320 g/mol. The molecule has 116 valence electrons. The molecule has 2 rings (SSSR count). The van der Waals surface area contributed by atoms with Crippen LogP contribution in [0.5, 0.6) is 0 Å². The lowest BCUT2D eigenvalue weighted by molar-refractivity contribution is 0.0949. The second-order valence-electron chi connectivity index (χ2n) is 5.13. The van der Waals surface area contributed by atoms with Gasteiger partial charge in [-0.15, -0.1) is 0 Å². The summed E-state index contributed by atoms with van der Waals surface area (Å²) in [5.41, 5.74) is 1.62. The Morgan fingerprint density at radius 2 is 1.77 bits per heavy atom. The normalized spacial score (nSPS) is 10.7. The Morgan fingerprint density at radius 3 is 2.41 bits per heavy atom. The van der Waals surface area contributed by atoms with E-state index in [9.17, 15) is 9.18 Å². The van der Waals surface area contributed by atoms with Crippen molar-refractivity contribution in [3.63, 3.8) is 0 Å². The quantitative estimate of drug-likeness (QED) is 0.885. The second kappa shape index (κ2) is 7.92. The molecule has 0 radical (unpaired) electrons. The minimum atomic E-state index is -0.235. The van der Waals surface area contributed by atoms with Crippen molar-refractivity contribution in [1.29, 1.82) is 0 Å². The van der Waals surface area contributed by atoms with E-state index in [1.807, 2.05) is 7.05 Å². The van der Waals surface area contributed by atoms with Crippen molar-refractivity contribution in [3.8, 4) is 0 Å². The molecule has 0 unspecified atom stereocenters. The zero-order valence-electron chi connectivity index (χ0n) is 12.4. The predicted octanol–water partition coefficient (Wildman–Crippen LogP) is 3.34. The summed E-state index contributed by atoms with van der Waals surface area (Å²) in [5, 5.41) is 3.47. The smallest absolute Gasteiger partial charge is 0.251 e. The van der Waals surface area contributed by atoms with E-state index in [0.717, 1.165) is 5.56 Å². The molecule has 1 amide bonds. The number of carbonyl (C=O) groups excluding carboxylic acids is 1. The molecule has 2 aromatic rings. The van der Waals surface area contributed by atoms with Crippen molar-refractivity contribution < 1.29 is 9.18 Å². The Balaban J connectivity index is 1.74. The van der Waals surface area contributed by atoms with Gasteiger partial charge in [0, 0.05) is 30.2 Å². The number of amides is 1. The number of halogens is 2. The summed E-state index contributed by atoms with van der Waals surface area (Å²) >= 11 is 5.79. The first-order chi connectivity index (χ1) is 10.5. The molecule has 0 bridgehead atoms. The van der Waals surface area contributed by atoms with E-state index < -0.39 is 0 Å². The maximum Gasteiger partial charge on any atom is 0.251 e. The maximum absolute atomic E-state index is 12.8. The summed E-state index contributed by atoms with van der Waals surface area (Å²) in [4.78, 5) is 14.0. The number of hydrogen-bond acceptors (Lipinski definition) is 2. The number of rotatable bonds is 6. The standard InChI is InChI=1S/C17H18ClFN2O/c1-21(12-13-2-8-16(19)9-3-13)11-10-20-17(22)14-4-6-15(18)7-5-14/h2-9H,10-12H2,1H3,(H,20,22). The highest BCUT2D eigenvalue weighted by Crippen LogP contribution is 2.09. The van der Waals surface area contributed by atoms with Crippen LogP contribution < -0.4 is 5.32 Å². The van der Waals surface area contributed by atoms with Gasteiger partial charge < -0.3 is 10.2 Å². The Bertz CT molecular complexity index is 614. The average Bonchev–Trinajstić information content (AvgIpc) is 2.50. The molecular weight excluding hydrogens is 303 g/mol. The number of nitrogens with one attached hydrogen (secondary N) is 1. The van der Waals surface area contributed by atoms with E-state index in [0.29, 0.717) is 30.2 Å². The summed E-state index contributed by atoms with van der Waals surface area (Å²) in [6.45, 7) is 1.95. The largest absolute Gasteiger partial charge is 0.351 e. The van der Waals surface area contributed by atoms with E-state index in [4.69, 9.17) is 11.6 Å². The first kappa shape index (κ1) is 16.5. The summed E-state index contributed by atoms with van der Waals surface area (Å²) in [6.07, 6.45) is 0. The molecule has 0 aliphatic rings. The van der Waals surface area contributed by atoms with Crippen LogP contribution in [0.25, 0.3) is 0 Å². The maximum atomic E-state index is 12.8. The van der Waals surface area contributed by atoms with Crippen molar-refractivity contribution in [3.05, 3.63) is 70.5 Å². The number of nitrogens with zero attached hydrogens (tertiary/aromatic N) is 1. The topological polar surface area (TPSA) is 32.3 Å². The van der Waals surface area contributed by atoms with Gasteiger partial charge in [0.25, 0.3) is 5.91 Å². The zero-order chi connectivity index (χ0) is 15.9. The lowest BCUT2D eigenvalue weighted by Gasteiger charge is -2.17. The molecule has 0 spiro atoms. The highest BCUT2D eigenvalue weighted by molar-refractivity contribution is 6.30. The van der Waals surface area contributed by atoms with Crippen LogP contribution in [0.15, 0.2) is 48.5 Å². The van der Waals surface area contributed by atoms with E-state index in [1.54, 1.807) is 36.4 Å². The van der Waals surface area contributed by atoms with Crippen molar-refractivity contribution in [2.24, 2.45) is 0 Å². The molecule has 0 heterocycles. The highest BCUT2D eigenvalue weighted by Gasteiger charge is 2.06. The van der Waals surface area contributed by atoms with Gasteiger partial charge in [0.2, 0.25) is 0 Å². The van der Waals surface area contributed by atoms with Crippen molar-refractivity contribution in [2.45, 2.75) is 6.54 Å². The van der Waals surface area contributed by atoms with E-state index >= 15 is 0 Å². The third-order valence-corrected chi connectivity index (χ3v) is 3.50. The molecule has 2 aromatic carbocycles. The van der Waals surface area contributed by atoms with Crippen LogP contribution >= 0.6 is 11.6 Å². The van der Waals surface area contributed by atoms with Crippen LogP contribution in [-0.4, -0.2) is 30.9 Å². The van der Waals surface area contributed by atoms with Gasteiger partial charge in [0.15, 0.2) is 0 Å². The fourth-order valence-corrected chi connectivity index (χ4v) is 2.17. The van der Waals surface area contributed by atoms with Gasteiger partial charge in [-0.3, -0.25) is 4.79 Å². The van der Waals surface area contributed by atoms with Gasteiger partial charge in [-0.1, -0.05) is 23.7 Å². The summed E-state index contributed by atoms with van der Waals surface area (Å²) in [7, 11) is 1.96. The Kier molecular flexibility index (Phi) is 5.92. The highest BCUT2D eigenvalue weighted by atomic mass is 35.5. The molecular formula is C17H18ClFN2O. The molecule has 0 aliphatic carbocycles. The number of benzene rings is 2. The van der Waals surface area contributed by atoms with Gasteiger partial charge in [-0.25, -0.2) is 4.39 Å². The lowest BCUT2D eigenvalue weighted by Crippen LogP contribution is -2.32. The van der Waals surface area contributed by atoms with Crippen LogP contribution in [0, 0.1) is 5.82 Å². The SMILES string of the molecule is CN(CCNC(=O)c1ccc(Cl)cc1)Cc1ccc(F)cc1. The van der Waals surface area contributed by atoms with E-state index in [2.05, 4.69) is 10.2 Å². The summed E-state index contributed by atoms with van der Waals surface area (Å²) in [5.74, 6) is -0.353. The molecule has 3 nitrogen and oxygen atoms in total. The Labute approximate surface area is 134 Å². The van der Waals surface area contributed by atoms with Crippen molar-refractivity contribution in [2.75, 3.05) is 20.1 Å². The summed E-state index contributed by atoms with van der Waals surface area (Å²) in [6, 6.07) is 13.2. The Morgan fingerprint density at radius 1 is 1.14 bits per heavy atom. The van der Waals surface area contributed by atoms with Crippen LogP contribution in [0.3, 0.4) is 0 Å². The van der Waals surface area contributed by atoms with Gasteiger partial charge in [0.05, 0.1) is 0 Å². The number of likely N-dealkylation sites (N-methyl/N-ethyl adjacent to an activating group) is 1. The minimum absolute atomic E-state index is 0.119. The first-order valence-electron chi connectivity index (χ1n) is 7.01. The molecule has 0 fully saturated rings. The number of carbonyl (C=O) groups is 1. The lowest BCUT2D eigenvalue weighted by atomic mass is 10.2. The first-order valence-corrected chi connectivity index (χ1v) is 7.39. The predicted molar refractivity (Wildman–Crippen MR) is 86.5 cm³/mol. The molecule has 5 heteroatoms. The third-order valence-electron chi connectivity index (χ3n) is 3.25. The van der Waals surface area contributed by atoms with Crippen LogP contribution in [0.2, 0.25) is 5.02 Å². The van der Waals surface area contributed by atoms with Gasteiger partial charge in [0.1, 0.15) is 5.82 Å². The fraction of sp³-hybridized carbons (Fsp3) is 0.235. The molecule has 0 atom stereocenters. The second-order valence-corrected chi connectivity index (χ2v) is 5.56. The molecule has 0 saturated carbocycles. The Hall–Kier alpha value is -1.91. The van der Waals surface area contributed by atoms with Gasteiger partial charge in [-0.05, 0) is 49.0 Å². The van der Waals surface area contributed by atoms with E-state index in [-0.39, 0.29) is 11.7 Å². The van der Waals surface area contributed by atoms with E-state index in [1.165, 1.54) is 12.1 Å². The van der Waals surface area contributed by atoms with Crippen LogP contribution in [-0.2, 0) is 6.54 Å². The minimum Gasteiger partial charge on any atom is -0.351 e.